The van der Waals surface area contributed by atoms with Gasteiger partial charge in [-0.15, -0.1) is 0 Å². The zero-order valence-corrected chi connectivity index (χ0v) is 17.4. The van der Waals surface area contributed by atoms with Crippen LogP contribution in [0.1, 0.15) is 43.6 Å². The predicted molar refractivity (Wildman–Crippen MR) is 110 cm³/mol. The molecule has 0 spiro atoms. The molecule has 0 fully saturated rings. The fourth-order valence-corrected chi connectivity index (χ4v) is 2.57. The second-order valence-electron chi connectivity index (χ2n) is 7.22. The molecule has 28 heavy (non-hydrogen) atoms. The van der Waals surface area contributed by atoms with Gasteiger partial charge < -0.3 is 14.8 Å². The van der Waals surface area contributed by atoms with E-state index < -0.39 is 11.6 Å². The number of benzene rings is 2. The minimum Gasteiger partial charge on any atom is -0.476 e. The lowest BCUT2D eigenvalue weighted by Gasteiger charge is -2.25. The third-order valence-electron chi connectivity index (χ3n) is 3.94. The Labute approximate surface area is 171 Å². The lowest BCUT2D eigenvalue weighted by molar-refractivity contribution is -0.163. The van der Waals surface area contributed by atoms with Crippen LogP contribution in [0.2, 0.25) is 5.02 Å². The van der Waals surface area contributed by atoms with Gasteiger partial charge in [0.2, 0.25) is 0 Å². The highest BCUT2D eigenvalue weighted by molar-refractivity contribution is 6.30. The summed E-state index contributed by atoms with van der Waals surface area (Å²) in [5.41, 5.74) is 0.549. The van der Waals surface area contributed by atoms with Crippen LogP contribution in [0.3, 0.4) is 0 Å². The van der Waals surface area contributed by atoms with E-state index in [-0.39, 0.29) is 12.0 Å². The van der Waals surface area contributed by atoms with E-state index in [1.54, 1.807) is 64.1 Å². The first-order valence-electron chi connectivity index (χ1n) is 9.20. The minimum absolute atomic E-state index is 0.137. The molecule has 1 N–H and O–H groups in total. The van der Waals surface area contributed by atoms with Gasteiger partial charge in [0.1, 0.15) is 5.75 Å². The predicted octanol–water partition coefficient (Wildman–Crippen LogP) is 4.42. The Morgan fingerprint density at radius 3 is 2.21 bits per heavy atom. The summed E-state index contributed by atoms with van der Waals surface area (Å²) in [7, 11) is 0. The largest absolute Gasteiger partial charge is 0.476 e. The Bertz CT molecular complexity index is 798. The number of halogens is 1. The van der Waals surface area contributed by atoms with Gasteiger partial charge in [-0.1, -0.05) is 23.7 Å². The van der Waals surface area contributed by atoms with Crippen LogP contribution < -0.4 is 10.1 Å². The molecule has 0 aromatic heterocycles. The molecule has 0 radical (unpaired) electrons. The van der Waals surface area contributed by atoms with Crippen molar-refractivity contribution in [2.45, 2.75) is 45.8 Å². The van der Waals surface area contributed by atoms with E-state index >= 15 is 0 Å². The van der Waals surface area contributed by atoms with E-state index in [0.29, 0.717) is 29.3 Å². The van der Waals surface area contributed by atoms with Crippen molar-refractivity contribution < 1.29 is 19.1 Å². The van der Waals surface area contributed by atoms with Crippen molar-refractivity contribution in [2.24, 2.45) is 0 Å². The molecule has 0 unspecified atom stereocenters. The Morgan fingerprint density at radius 1 is 1.04 bits per heavy atom. The summed E-state index contributed by atoms with van der Waals surface area (Å²) < 4.78 is 11.0. The number of hydrogen-bond acceptors (Lipinski definition) is 4. The summed E-state index contributed by atoms with van der Waals surface area (Å²) in [6.45, 7) is 7.46. The smallest absolute Gasteiger partial charge is 0.350 e. The molecule has 1 amide bonds. The first-order valence-corrected chi connectivity index (χ1v) is 9.58. The molecule has 0 saturated heterocycles. The fourth-order valence-electron chi connectivity index (χ4n) is 2.44. The van der Waals surface area contributed by atoms with Gasteiger partial charge in [-0.05, 0) is 76.1 Å². The van der Waals surface area contributed by atoms with Gasteiger partial charge in [0.25, 0.3) is 5.91 Å². The summed E-state index contributed by atoms with van der Waals surface area (Å²) in [6, 6.07) is 14.2. The molecule has 0 saturated carbocycles. The van der Waals surface area contributed by atoms with Crippen LogP contribution in [0.5, 0.6) is 5.75 Å². The molecule has 0 aliphatic carbocycles. The maximum atomic E-state index is 12.1. The molecule has 0 aliphatic heterocycles. The van der Waals surface area contributed by atoms with Gasteiger partial charge in [-0.25, -0.2) is 4.79 Å². The van der Waals surface area contributed by atoms with Crippen LogP contribution in [-0.4, -0.2) is 30.1 Å². The van der Waals surface area contributed by atoms with E-state index in [1.807, 2.05) is 12.1 Å². The topological polar surface area (TPSA) is 64.6 Å². The van der Waals surface area contributed by atoms with Gasteiger partial charge in [-0.3, -0.25) is 4.79 Å². The number of carbonyl (C=O) groups is 2. The third-order valence-corrected chi connectivity index (χ3v) is 4.19. The van der Waals surface area contributed by atoms with E-state index in [2.05, 4.69) is 5.32 Å². The van der Waals surface area contributed by atoms with Crippen LogP contribution >= 0.6 is 11.6 Å². The summed E-state index contributed by atoms with van der Waals surface area (Å²) in [4.78, 5) is 24.2. The quantitative estimate of drug-likeness (QED) is 0.662. The number of esters is 1. The number of carbonyl (C=O) groups excluding carboxylic acids is 2. The number of rotatable bonds is 8. The van der Waals surface area contributed by atoms with Crippen LogP contribution in [0, 0.1) is 0 Å². The molecule has 2 aromatic rings. The average Bonchev–Trinajstić information content (AvgIpc) is 2.63. The fraction of sp³-hybridized carbons (Fsp3) is 0.364. The Hall–Kier alpha value is -2.53. The van der Waals surface area contributed by atoms with Gasteiger partial charge >= 0.3 is 5.97 Å². The average molecular weight is 404 g/mol. The molecule has 2 rings (SSSR count). The zero-order chi connectivity index (χ0) is 20.7. The standard InChI is InChI=1S/C22H26ClNO4/c1-15(2)27-21(26)22(3,4)28-19-11-5-16(6-12-19)13-14-24-20(25)17-7-9-18(23)10-8-17/h5-12,15H,13-14H2,1-4H3,(H,24,25). The molecular formula is C22H26ClNO4. The molecule has 2 aromatic carbocycles. The van der Waals surface area contributed by atoms with Crippen molar-refractivity contribution in [2.75, 3.05) is 6.54 Å². The molecule has 0 atom stereocenters. The number of hydrogen-bond donors (Lipinski definition) is 1. The highest BCUT2D eigenvalue weighted by atomic mass is 35.5. The number of ether oxygens (including phenoxy) is 2. The lowest BCUT2D eigenvalue weighted by Crippen LogP contribution is -2.40. The van der Waals surface area contributed by atoms with E-state index in [4.69, 9.17) is 21.1 Å². The van der Waals surface area contributed by atoms with Crippen molar-refractivity contribution in [3.8, 4) is 5.75 Å². The summed E-state index contributed by atoms with van der Waals surface area (Å²) in [5, 5.41) is 3.48. The second kappa shape index (κ2) is 9.60. The van der Waals surface area contributed by atoms with E-state index in [0.717, 1.165) is 5.56 Å². The van der Waals surface area contributed by atoms with Crippen molar-refractivity contribution >= 4 is 23.5 Å². The molecule has 0 aliphatic rings. The molecular weight excluding hydrogens is 378 g/mol. The number of nitrogens with one attached hydrogen (secondary N) is 1. The van der Waals surface area contributed by atoms with Crippen molar-refractivity contribution in [1.82, 2.24) is 5.32 Å². The van der Waals surface area contributed by atoms with E-state index in [9.17, 15) is 9.59 Å². The highest BCUT2D eigenvalue weighted by Crippen LogP contribution is 2.21. The molecule has 0 heterocycles. The second-order valence-corrected chi connectivity index (χ2v) is 7.66. The summed E-state index contributed by atoms with van der Waals surface area (Å²) in [5.74, 6) is 0.0400. The maximum absolute atomic E-state index is 12.1. The third kappa shape index (κ3) is 6.57. The molecule has 150 valence electrons. The highest BCUT2D eigenvalue weighted by Gasteiger charge is 2.32. The molecule has 0 bridgehead atoms. The van der Waals surface area contributed by atoms with Gasteiger partial charge in [-0.2, -0.15) is 0 Å². The zero-order valence-electron chi connectivity index (χ0n) is 16.6. The van der Waals surface area contributed by atoms with E-state index in [1.165, 1.54) is 0 Å². The van der Waals surface area contributed by atoms with Crippen LogP contribution in [0.15, 0.2) is 48.5 Å². The Balaban J connectivity index is 1.84. The number of amides is 1. The lowest BCUT2D eigenvalue weighted by atomic mass is 10.1. The SMILES string of the molecule is CC(C)OC(=O)C(C)(C)Oc1ccc(CCNC(=O)c2ccc(Cl)cc2)cc1. The Morgan fingerprint density at radius 2 is 1.64 bits per heavy atom. The van der Waals surface area contributed by atoms with Crippen LogP contribution in [-0.2, 0) is 16.0 Å². The molecule has 5 nitrogen and oxygen atoms in total. The summed E-state index contributed by atoms with van der Waals surface area (Å²) >= 11 is 5.83. The van der Waals surface area contributed by atoms with Crippen molar-refractivity contribution in [1.29, 1.82) is 0 Å². The van der Waals surface area contributed by atoms with Crippen LogP contribution in [0.4, 0.5) is 0 Å². The monoisotopic (exact) mass is 403 g/mol. The van der Waals surface area contributed by atoms with Gasteiger partial charge in [0.05, 0.1) is 6.10 Å². The van der Waals surface area contributed by atoms with Crippen LogP contribution in [0.25, 0.3) is 0 Å². The van der Waals surface area contributed by atoms with Gasteiger partial charge in [0.15, 0.2) is 5.60 Å². The Kier molecular flexibility index (Phi) is 7.46. The van der Waals surface area contributed by atoms with Gasteiger partial charge in [0, 0.05) is 17.1 Å². The minimum atomic E-state index is -1.07. The first-order chi connectivity index (χ1) is 13.2. The van der Waals surface area contributed by atoms with Crippen molar-refractivity contribution in [3.05, 3.63) is 64.7 Å². The normalized spacial score (nSPS) is 11.2. The van der Waals surface area contributed by atoms with Crippen molar-refractivity contribution in [3.63, 3.8) is 0 Å². The summed E-state index contributed by atoms with van der Waals surface area (Å²) in [6.07, 6.45) is 0.485. The molecule has 6 heteroatoms. The first kappa shape index (κ1) is 21.8. The maximum Gasteiger partial charge on any atom is 0.350 e.